The van der Waals surface area contributed by atoms with Crippen molar-refractivity contribution < 1.29 is 23.9 Å². The molecule has 4 rings (SSSR count). The van der Waals surface area contributed by atoms with Gasteiger partial charge in [0.2, 0.25) is 0 Å². The summed E-state index contributed by atoms with van der Waals surface area (Å²) in [4.78, 5) is 49.9. The van der Waals surface area contributed by atoms with Gasteiger partial charge in [0.15, 0.2) is 12.4 Å². The molecular formula is C24H24N2O5. The van der Waals surface area contributed by atoms with Gasteiger partial charge < -0.3 is 4.74 Å². The predicted molar refractivity (Wildman–Crippen MR) is 112 cm³/mol. The van der Waals surface area contributed by atoms with E-state index in [0.29, 0.717) is 11.1 Å². The minimum Gasteiger partial charge on any atom is -0.455 e. The van der Waals surface area contributed by atoms with Crippen molar-refractivity contribution in [1.82, 2.24) is 10.9 Å². The van der Waals surface area contributed by atoms with Crippen LogP contribution in [0.2, 0.25) is 0 Å². The molecule has 7 heteroatoms. The highest BCUT2D eigenvalue weighted by molar-refractivity contribution is 6.01. The maximum Gasteiger partial charge on any atom is 0.310 e. The first-order valence-electron chi connectivity index (χ1n) is 10.4. The molecule has 7 nitrogen and oxygen atoms in total. The Kier molecular flexibility index (Phi) is 6.11. The third-order valence-electron chi connectivity index (χ3n) is 6.25. The molecule has 160 valence electrons. The van der Waals surface area contributed by atoms with Crippen LogP contribution in [0.4, 0.5) is 0 Å². The average Bonchev–Trinajstić information content (AvgIpc) is 3.43. The van der Waals surface area contributed by atoms with Gasteiger partial charge in [-0.15, -0.1) is 0 Å². The van der Waals surface area contributed by atoms with Crippen molar-refractivity contribution in [3.05, 3.63) is 71.8 Å². The number of carbonyl (C=O) groups excluding carboxylic acids is 4. The molecule has 2 N–H and O–H groups in total. The fraction of sp³-hybridized carbons (Fsp3) is 0.333. The molecule has 2 aromatic rings. The fourth-order valence-corrected chi connectivity index (χ4v) is 4.86. The standard InChI is InChI=1S/C24H24N2O5/c27-19(25-26-23(29)16-9-5-2-6-10-16)14-31-24(30)21-18-12-11-17(13-18)20(21)22(28)15-7-3-1-4-8-15/h1-10,17-18,20-21H,11-14H2,(H,25,27)(H,26,29)/t17-,18-,20+,21-/m0/s1. The second-order valence-corrected chi connectivity index (χ2v) is 8.09. The molecule has 0 spiro atoms. The molecule has 2 saturated carbocycles. The van der Waals surface area contributed by atoms with Gasteiger partial charge in [-0.05, 0) is 43.2 Å². The highest BCUT2D eigenvalue weighted by Gasteiger charge is 2.54. The summed E-state index contributed by atoms with van der Waals surface area (Å²) in [5.41, 5.74) is 5.51. The van der Waals surface area contributed by atoms with Crippen molar-refractivity contribution in [2.24, 2.45) is 23.7 Å². The van der Waals surface area contributed by atoms with Crippen LogP contribution in [0.25, 0.3) is 0 Å². The molecule has 2 aliphatic carbocycles. The van der Waals surface area contributed by atoms with Crippen LogP contribution in [0.5, 0.6) is 0 Å². The SMILES string of the molecule is O=C(COC(=O)[C@H]1[C@H]2CC[C@@H](C2)[C@H]1C(=O)c1ccccc1)NNC(=O)c1ccccc1. The number of ether oxygens (including phenoxy) is 1. The summed E-state index contributed by atoms with van der Waals surface area (Å²) in [6, 6.07) is 17.4. The van der Waals surface area contributed by atoms with Gasteiger partial charge in [-0.3, -0.25) is 30.0 Å². The summed E-state index contributed by atoms with van der Waals surface area (Å²) >= 11 is 0. The fourth-order valence-electron chi connectivity index (χ4n) is 4.86. The van der Waals surface area contributed by atoms with E-state index in [2.05, 4.69) is 10.9 Å². The molecule has 2 amide bonds. The Labute approximate surface area is 180 Å². The Balaban J connectivity index is 1.32. The van der Waals surface area contributed by atoms with E-state index in [9.17, 15) is 19.2 Å². The van der Waals surface area contributed by atoms with Gasteiger partial charge in [-0.2, -0.15) is 0 Å². The Morgan fingerprint density at radius 3 is 2.00 bits per heavy atom. The molecule has 0 saturated heterocycles. The third kappa shape index (κ3) is 4.50. The summed E-state index contributed by atoms with van der Waals surface area (Å²) in [5, 5.41) is 0. The van der Waals surface area contributed by atoms with Crippen LogP contribution in [-0.2, 0) is 14.3 Å². The lowest BCUT2D eigenvalue weighted by atomic mass is 9.75. The maximum absolute atomic E-state index is 13.1. The molecule has 0 radical (unpaired) electrons. The van der Waals surface area contributed by atoms with Crippen molar-refractivity contribution in [3.63, 3.8) is 0 Å². The predicted octanol–water partition coefficient (Wildman–Crippen LogP) is 2.54. The molecule has 2 bridgehead atoms. The zero-order chi connectivity index (χ0) is 21.8. The van der Waals surface area contributed by atoms with Crippen LogP contribution in [0.15, 0.2) is 60.7 Å². The number of nitrogens with one attached hydrogen (secondary N) is 2. The van der Waals surface area contributed by atoms with E-state index in [1.54, 1.807) is 42.5 Å². The van der Waals surface area contributed by atoms with E-state index >= 15 is 0 Å². The van der Waals surface area contributed by atoms with E-state index in [-0.39, 0.29) is 17.6 Å². The summed E-state index contributed by atoms with van der Waals surface area (Å²) in [7, 11) is 0. The number of hydrogen-bond acceptors (Lipinski definition) is 5. The number of Topliss-reactive ketones (excluding diaryl/α,β-unsaturated/α-hetero) is 1. The van der Waals surface area contributed by atoms with Gasteiger partial charge in [0.25, 0.3) is 11.8 Å². The van der Waals surface area contributed by atoms with Crippen molar-refractivity contribution >= 4 is 23.6 Å². The minimum absolute atomic E-state index is 0.0330. The van der Waals surface area contributed by atoms with Gasteiger partial charge in [0.1, 0.15) is 0 Å². The normalized spacial score (nSPS) is 23.7. The average molecular weight is 420 g/mol. The van der Waals surface area contributed by atoms with Gasteiger partial charge in [0.05, 0.1) is 5.92 Å². The van der Waals surface area contributed by atoms with Crippen LogP contribution < -0.4 is 10.9 Å². The number of ketones is 1. The molecule has 4 atom stereocenters. The Hall–Kier alpha value is -3.48. The van der Waals surface area contributed by atoms with Gasteiger partial charge >= 0.3 is 5.97 Å². The Morgan fingerprint density at radius 2 is 1.35 bits per heavy atom. The van der Waals surface area contributed by atoms with E-state index in [1.807, 2.05) is 18.2 Å². The quantitative estimate of drug-likeness (QED) is 0.425. The number of carbonyl (C=O) groups is 4. The molecule has 0 heterocycles. The van der Waals surface area contributed by atoms with Crippen molar-refractivity contribution in [1.29, 1.82) is 0 Å². The van der Waals surface area contributed by atoms with Crippen LogP contribution >= 0.6 is 0 Å². The second kappa shape index (κ2) is 9.12. The molecule has 0 unspecified atom stereocenters. The summed E-state index contributed by atoms with van der Waals surface area (Å²) in [6.07, 6.45) is 2.66. The Bertz CT molecular complexity index is 976. The molecular weight excluding hydrogens is 396 g/mol. The Morgan fingerprint density at radius 1 is 0.774 bits per heavy atom. The molecule has 31 heavy (non-hydrogen) atoms. The first-order chi connectivity index (χ1) is 15.0. The largest absolute Gasteiger partial charge is 0.455 e. The molecule has 2 fully saturated rings. The number of fused-ring (bicyclic) bond motifs is 2. The van der Waals surface area contributed by atoms with E-state index < -0.39 is 36.2 Å². The van der Waals surface area contributed by atoms with Crippen LogP contribution in [-0.4, -0.2) is 30.2 Å². The molecule has 2 aromatic carbocycles. The second-order valence-electron chi connectivity index (χ2n) is 8.09. The van der Waals surface area contributed by atoms with Crippen LogP contribution in [0, 0.1) is 23.7 Å². The van der Waals surface area contributed by atoms with E-state index in [1.165, 1.54) is 0 Å². The number of rotatable bonds is 6. The molecule has 0 aliphatic heterocycles. The third-order valence-corrected chi connectivity index (χ3v) is 6.25. The molecule has 0 aromatic heterocycles. The van der Waals surface area contributed by atoms with E-state index in [0.717, 1.165) is 19.3 Å². The highest BCUT2D eigenvalue weighted by Crippen LogP contribution is 2.53. The zero-order valence-electron chi connectivity index (χ0n) is 17.0. The van der Waals surface area contributed by atoms with Gasteiger partial charge in [0, 0.05) is 17.0 Å². The van der Waals surface area contributed by atoms with Crippen LogP contribution in [0.3, 0.4) is 0 Å². The number of hydrogen-bond donors (Lipinski definition) is 2. The summed E-state index contributed by atoms with van der Waals surface area (Å²) in [6.45, 7) is -0.520. The maximum atomic E-state index is 13.1. The number of benzene rings is 2. The van der Waals surface area contributed by atoms with Crippen LogP contribution in [0.1, 0.15) is 40.0 Å². The monoisotopic (exact) mass is 420 g/mol. The van der Waals surface area contributed by atoms with E-state index in [4.69, 9.17) is 4.74 Å². The number of hydrazine groups is 1. The van der Waals surface area contributed by atoms with Crippen molar-refractivity contribution in [3.8, 4) is 0 Å². The first-order valence-corrected chi connectivity index (χ1v) is 10.4. The minimum atomic E-state index is -0.647. The molecule has 2 aliphatic rings. The topological polar surface area (TPSA) is 102 Å². The highest BCUT2D eigenvalue weighted by atomic mass is 16.5. The first kappa shape index (κ1) is 20.8. The zero-order valence-corrected chi connectivity index (χ0v) is 17.0. The smallest absolute Gasteiger partial charge is 0.310 e. The van der Waals surface area contributed by atoms with Crippen molar-refractivity contribution in [2.45, 2.75) is 19.3 Å². The lowest BCUT2D eigenvalue weighted by Crippen LogP contribution is -2.44. The number of esters is 1. The van der Waals surface area contributed by atoms with Gasteiger partial charge in [-0.1, -0.05) is 48.5 Å². The summed E-state index contributed by atoms with van der Waals surface area (Å²) < 4.78 is 5.24. The lowest BCUT2D eigenvalue weighted by Gasteiger charge is -2.28. The summed E-state index contributed by atoms with van der Waals surface area (Å²) in [5.74, 6) is -2.33. The lowest BCUT2D eigenvalue weighted by molar-refractivity contribution is -0.155. The van der Waals surface area contributed by atoms with Crippen molar-refractivity contribution in [2.75, 3.05) is 6.61 Å². The number of amides is 2. The van der Waals surface area contributed by atoms with Gasteiger partial charge in [-0.25, -0.2) is 0 Å².